The lowest BCUT2D eigenvalue weighted by Gasteiger charge is -2.25. The molecule has 0 radical (unpaired) electrons. The number of hydrogen-bond donors (Lipinski definition) is 0. The first-order valence-electron chi connectivity index (χ1n) is 7.83. The van der Waals surface area contributed by atoms with E-state index >= 15 is 0 Å². The molecule has 21 heavy (non-hydrogen) atoms. The van der Waals surface area contributed by atoms with Crippen LogP contribution in [0.4, 0.5) is 0 Å². The van der Waals surface area contributed by atoms with Gasteiger partial charge >= 0.3 is 0 Å². The fraction of sp³-hybridized carbons (Fsp3) is 0.647. The second-order valence-electron chi connectivity index (χ2n) is 7.41. The van der Waals surface area contributed by atoms with Crippen LogP contribution < -0.4 is 0 Å². The van der Waals surface area contributed by atoms with Crippen LogP contribution in [-0.4, -0.2) is 31.1 Å². The van der Waals surface area contributed by atoms with Crippen molar-refractivity contribution in [1.29, 1.82) is 0 Å². The lowest BCUT2D eigenvalue weighted by molar-refractivity contribution is 0.321. The van der Waals surface area contributed by atoms with Crippen LogP contribution in [0.3, 0.4) is 0 Å². The van der Waals surface area contributed by atoms with E-state index in [4.69, 9.17) is 0 Å². The highest BCUT2D eigenvalue weighted by Gasteiger charge is 2.51. The van der Waals surface area contributed by atoms with E-state index in [1.807, 2.05) is 30.3 Å². The molecule has 2 fully saturated rings. The Labute approximate surface area is 128 Å². The van der Waals surface area contributed by atoms with Crippen LogP contribution in [0.5, 0.6) is 0 Å². The number of sulfonamides is 1. The van der Waals surface area contributed by atoms with Gasteiger partial charge in [0.25, 0.3) is 0 Å². The first-order valence-corrected chi connectivity index (χ1v) is 9.33. The maximum atomic E-state index is 12.8. The molecule has 0 N–H and O–H groups in total. The van der Waals surface area contributed by atoms with Crippen LogP contribution in [-0.2, 0) is 10.0 Å². The molecule has 3 rings (SSSR count). The Hall–Kier alpha value is -0.870. The first-order chi connectivity index (χ1) is 9.81. The van der Waals surface area contributed by atoms with Crippen molar-refractivity contribution in [2.45, 2.75) is 56.7 Å². The van der Waals surface area contributed by atoms with Crippen LogP contribution >= 0.6 is 0 Å². The molecule has 2 aliphatic carbocycles. The van der Waals surface area contributed by atoms with E-state index in [0.717, 1.165) is 31.2 Å². The average Bonchev–Trinajstić information content (AvgIpc) is 3.18. The summed E-state index contributed by atoms with van der Waals surface area (Å²) in [7, 11) is -1.38. The summed E-state index contributed by atoms with van der Waals surface area (Å²) >= 11 is 0. The standard InChI is InChI=1S/C17H25NO2S/c1-17(2)10-9-14(12-17)18(3)21(19,20)16-11-15(16)13-7-5-4-6-8-13/h4-8,14-16H,9-12H2,1-3H3. The molecular formula is C17H25NO2S. The summed E-state index contributed by atoms with van der Waals surface area (Å²) in [6.07, 6.45) is 3.86. The Bertz CT molecular complexity index is 609. The van der Waals surface area contributed by atoms with Crippen molar-refractivity contribution in [3.63, 3.8) is 0 Å². The van der Waals surface area contributed by atoms with Gasteiger partial charge in [-0.3, -0.25) is 0 Å². The van der Waals surface area contributed by atoms with Gasteiger partial charge in [-0.25, -0.2) is 12.7 Å². The van der Waals surface area contributed by atoms with Crippen molar-refractivity contribution in [3.8, 4) is 0 Å². The van der Waals surface area contributed by atoms with Crippen LogP contribution in [0, 0.1) is 5.41 Å². The molecule has 1 aromatic rings. The lowest BCUT2D eigenvalue weighted by Crippen LogP contribution is -2.38. The molecule has 3 nitrogen and oxygen atoms in total. The monoisotopic (exact) mass is 307 g/mol. The van der Waals surface area contributed by atoms with Gasteiger partial charge in [0.05, 0.1) is 5.25 Å². The third kappa shape index (κ3) is 2.88. The van der Waals surface area contributed by atoms with Gasteiger partial charge < -0.3 is 0 Å². The summed E-state index contributed by atoms with van der Waals surface area (Å²) in [6, 6.07) is 10.2. The highest BCUT2D eigenvalue weighted by molar-refractivity contribution is 7.90. The highest BCUT2D eigenvalue weighted by Crippen LogP contribution is 2.48. The number of nitrogens with zero attached hydrogens (tertiary/aromatic N) is 1. The molecule has 3 unspecified atom stereocenters. The predicted molar refractivity (Wildman–Crippen MR) is 85.7 cm³/mol. The first kappa shape index (κ1) is 15.0. The lowest BCUT2D eigenvalue weighted by atomic mass is 9.92. The van der Waals surface area contributed by atoms with Crippen molar-refractivity contribution in [2.75, 3.05) is 7.05 Å². The van der Waals surface area contributed by atoms with Gasteiger partial charge in [-0.15, -0.1) is 0 Å². The van der Waals surface area contributed by atoms with E-state index in [1.54, 1.807) is 11.4 Å². The van der Waals surface area contributed by atoms with Gasteiger partial charge in [-0.1, -0.05) is 44.2 Å². The summed E-state index contributed by atoms with van der Waals surface area (Å²) in [6.45, 7) is 4.47. The van der Waals surface area contributed by atoms with Crippen molar-refractivity contribution < 1.29 is 8.42 Å². The van der Waals surface area contributed by atoms with E-state index in [1.165, 1.54) is 0 Å². The molecule has 0 amide bonds. The van der Waals surface area contributed by atoms with Crippen LogP contribution in [0.15, 0.2) is 30.3 Å². The Morgan fingerprint density at radius 2 is 1.86 bits per heavy atom. The van der Waals surface area contributed by atoms with E-state index in [-0.39, 0.29) is 22.6 Å². The molecule has 2 saturated carbocycles. The Kier molecular flexibility index (Phi) is 3.65. The fourth-order valence-corrected chi connectivity index (χ4v) is 5.73. The highest BCUT2D eigenvalue weighted by atomic mass is 32.2. The third-order valence-corrected chi connectivity index (χ3v) is 7.59. The third-order valence-electron chi connectivity index (χ3n) is 5.20. The minimum Gasteiger partial charge on any atom is -0.212 e. The zero-order valence-electron chi connectivity index (χ0n) is 13.1. The normalized spacial score (nSPS) is 31.5. The van der Waals surface area contributed by atoms with Gasteiger partial charge in [-0.2, -0.15) is 0 Å². The van der Waals surface area contributed by atoms with Crippen LogP contribution in [0.25, 0.3) is 0 Å². The molecule has 0 aliphatic heterocycles. The van der Waals surface area contributed by atoms with Gasteiger partial charge in [0.1, 0.15) is 0 Å². The SMILES string of the molecule is CN(C1CCC(C)(C)C1)S(=O)(=O)C1CC1c1ccccc1. The summed E-state index contributed by atoms with van der Waals surface area (Å²) in [5, 5.41) is -0.214. The summed E-state index contributed by atoms with van der Waals surface area (Å²) in [4.78, 5) is 0. The maximum absolute atomic E-state index is 12.8. The molecular weight excluding hydrogens is 282 g/mol. The minimum absolute atomic E-state index is 0.182. The summed E-state index contributed by atoms with van der Waals surface area (Å²) in [5.41, 5.74) is 1.43. The Balaban J connectivity index is 1.71. The molecule has 0 saturated heterocycles. The quantitative estimate of drug-likeness (QED) is 0.855. The minimum atomic E-state index is -3.16. The largest absolute Gasteiger partial charge is 0.217 e. The number of rotatable bonds is 4. The Morgan fingerprint density at radius 1 is 1.19 bits per heavy atom. The predicted octanol–water partition coefficient (Wildman–Crippen LogP) is 3.38. The van der Waals surface area contributed by atoms with Crippen molar-refractivity contribution in [2.24, 2.45) is 5.41 Å². The molecule has 1 aromatic carbocycles. The Morgan fingerprint density at radius 3 is 2.43 bits per heavy atom. The van der Waals surface area contributed by atoms with Crippen molar-refractivity contribution in [3.05, 3.63) is 35.9 Å². The summed E-state index contributed by atoms with van der Waals surface area (Å²) < 4.78 is 27.3. The van der Waals surface area contributed by atoms with Crippen molar-refractivity contribution >= 4 is 10.0 Å². The van der Waals surface area contributed by atoms with Gasteiger partial charge in [0, 0.05) is 19.0 Å². The van der Waals surface area contributed by atoms with Crippen LogP contribution in [0.2, 0.25) is 0 Å². The molecule has 2 aliphatic rings. The molecule has 3 atom stereocenters. The van der Waals surface area contributed by atoms with E-state index < -0.39 is 10.0 Å². The topological polar surface area (TPSA) is 37.4 Å². The zero-order chi connectivity index (χ0) is 15.3. The average molecular weight is 307 g/mol. The molecule has 0 bridgehead atoms. The van der Waals surface area contributed by atoms with Gasteiger partial charge in [0.2, 0.25) is 10.0 Å². The number of hydrogen-bond acceptors (Lipinski definition) is 2. The molecule has 4 heteroatoms. The molecule has 116 valence electrons. The van der Waals surface area contributed by atoms with Gasteiger partial charge in [-0.05, 0) is 36.7 Å². The number of benzene rings is 1. The second kappa shape index (κ2) is 5.10. The molecule has 0 aromatic heterocycles. The second-order valence-corrected chi connectivity index (χ2v) is 9.62. The van der Waals surface area contributed by atoms with E-state index in [2.05, 4.69) is 13.8 Å². The maximum Gasteiger partial charge on any atom is 0.217 e. The zero-order valence-corrected chi connectivity index (χ0v) is 13.9. The molecule has 0 heterocycles. The van der Waals surface area contributed by atoms with E-state index in [9.17, 15) is 8.42 Å². The van der Waals surface area contributed by atoms with Crippen LogP contribution in [0.1, 0.15) is 51.0 Å². The smallest absolute Gasteiger partial charge is 0.212 e. The van der Waals surface area contributed by atoms with Crippen molar-refractivity contribution in [1.82, 2.24) is 4.31 Å². The van der Waals surface area contributed by atoms with Gasteiger partial charge in [0.15, 0.2) is 0 Å². The van der Waals surface area contributed by atoms with E-state index in [0.29, 0.717) is 0 Å². The molecule has 0 spiro atoms. The summed E-state index contributed by atoms with van der Waals surface area (Å²) in [5.74, 6) is 0.188. The fourth-order valence-electron chi connectivity index (χ4n) is 3.68.